The summed E-state index contributed by atoms with van der Waals surface area (Å²) in [5.41, 5.74) is 2.24. The van der Waals surface area contributed by atoms with Crippen LogP contribution >= 0.6 is 0 Å². The van der Waals surface area contributed by atoms with Gasteiger partial charge >= 0.3 is 0 Å². The number of ether oxygens (including phenoxy) is 1. The van der Waals surface area contributed by atoms with Crippen molar-refractivity contribution in [3.63, 3.8) is 0 Å². The Balaban J connectivity index is 1.86. The highest BCUT2D eigenvalue weighted by Crippen LogP contribution is 2.32. The third-order valence-corrected chi connectivity index (χ3v) is 4.82. The van der Waals surface area contributed by atoms with Gasteiger partial charge in [-0.3, -0.25) is 9.59 Å². The second-order valence-corrected chi connectivity index (χ2v) is 8.11. The van der Waals surface area contributed by atoms with Gasteiger partial charge in [0, 0.05) is 25.6 Å². The maximum atomic E-state index is 12.3. The minimum absolute atomic E-state index is 0.0141. The molecule has 144 valence electrons. The molecule has 1 aliphatic rings. The number of rotatable bonds is 5. The molecule has 0 saturated carbocycles. The molecule has 26 heavy (non-hydrogen) atoms. The van der Waals surface area contributed by atoms with Crippen LogP contribution in [0.2, 0.25) is 0 Å². The van der Waals surface area contributed by atoms with E-state index in [1.807, 2.05) is 24.0 Å². The van der Waals surface area contributed by atoms with Crippen LogP contribution in [0.25, 0.3) is 0 Å². The summed E-state index contributed by atoms with van der Waals surface area (Å²) in [6.07, 6.45) is 2.14. The topological polar surface area (TPSA) is 58.6 Å². The Bertz CT molecular complexity index is 641. The fourth-order valence-corrected chi connectivity index (χ4v) is 3.27. The highest BCUT2D eigenvalue weighted by atomic mass is 16.5. The Morgan fingerprint density at radius 1 is 1.23 bits per heavy atom. The van der Waals surface area contributed by atoms with Crippen LogP contribution in [0.3, 0.4) is 0 Å². The van der Waals surface area contributed by atoms with Gasteiger partial charge in [0.25, 0.3) is 5.91 Å². The smallest absolute Gasteiger partial charge is 0.258 e. The molecule has 0 atom stereocenters. The maximum absolute atomic E-state index is 12.3. The van der Waals surface area contributed by atoms with E-state index in [9.17, 15) is 9.59 Å². The first-order valence-electron chi connectivity index (χ1n) is 9.51. The number of aryl methyl sites for hydroxylation is 1. The first-order valence-corrected chi connectivity index (χ1v) is 9.51. The second kappa shape index (κ2) is 8.56. The van der Waals surface area contributed by atoms with Crippen LogP contribution < -0.4 is 10.1 Å². The molecule has 1 heterocycles. The number of carbonyl (C=O) groups excluding carboxylic acids is 2. The van der Waals surface area contributed by atoms with Gasteiger partial charge in [0.1, 0.15) is 5.75 Å². The number of nitrogens with one attached hydrogen (secondary N) is 1. The SMILES string of the molecule is CCC(=O)N1CCC(NC(=O)COc2ccc(C)cc2C(C)(C)C)CC1. The molecule has 0 aromatic heterocycles. The normalized spacial score (nSPS) is 15.7. The van der Waals surface area contributed by atoms with Crippen molar-refractivity contribution < 1.29 is 14.3 Å². The summed E-state index contributed by atoms with van der Waals surface area (Å²) in [7, 11) is 0. The van der Waals surface area contributed by atoms with Crippen molar-refractivity contribution in [3.05, 3.63) is 29.3 Å². The average Bonchev–Trinajstić information content (AvgIpc) is 2.60. The van der Waals surface area contributed by atoms with Crippen LogP contribution in [-0.4, -0.2) is 42.5 Å². The highest BCUT2D eigenvalue weighted by Gasteiger charge is 2.24. The quantitative estimate of drug-likeness (QED) is 0.877. The van der Waals surface area contributed by atoms with E-state index in [-0.39, 0.29) is 29.9 Å². The van der Waals surface area contributed by atoms with E-state index in [2.05, 4.69) is 39.1 Å². The molecule has 1 aromatic rings. The van der Waals surface area contributed by atoms with Gasteiger partial charge in [-0.2, -0.15) is 0 Å². The fraction of sp³-hybridized carbons (Fsp3) is 0.619. The van der Waals surface area contributed by atoms with Gasteiger partial charge in [-0.25, -0.2) is 0 Å². The molecule has 0 radical (unpaired) electrons. The van der Waals surface area contributed by atoms with E-state index in [0.29, 0.717) is 19.5 Å². The van der Waals surface area contributed by atoms with Gasteiger partial charge in [0.15, 0.2) is 6.61 Å². The lowest BCUT2D eigenvalue weighted by Gasteiger charge is -2.32. The van der Waals surface area contributed by atoms with Crippen molar-refractivity contribution in [3.8, 4) is 5.75 Å². The number of carbonyl (C=O) groups is 2. The first kappa shape index (κ1) is 20.3. The lowest BCUT2D eigenvalue weighted by atomic mass is 9.85. The zero-order valence-electron chi connectivity index (χ0n) is 16.7. The van der Waals surface area contributed by atoms with E-state index < -0.39 is 0 Å². The zero-order valence-corrected chi connectivity index (χ0v) is 16.7. The summed E-state index contributed by atoms with van der Waals surface area (Å²) in [5.74, 6) is 0.847. The molecule has 1 aliphatic heterocycles. The summed E-state index contributed by atoms with van der Waals surface area (Å²) in [6.45, 7) is 11.8. The lowest BCUT2D eigenvalue weighted by molar-refractivity contribution is -0.132. The van der Waals surface area contributed by atoms with E-state index in [4.69, 9.17) is 4.74 Å². The Kier molecular flexibility index (Phi) is 6.68. The second-order valence-electron chi connectivity index (χ2n) is 8.11. The van der Waals surface area contributed by atoms with E-state index in [1.165, 1.54) is 5.56 Å². The van der Waals surface area contributed by atoms with Crippen molar-refractivity contribution in [2.75, 3.05) is 19.7 Å². The monoisotopic (exact) mass is 360 g/mol. The molecule has 5 heteroatoms. The predicted octanol–water partition coefficient (Wildman–Crippen LogP) is 3.19. The lowest BCUT2D eigenvalue weighted by Crippen LogP contribution is -2.47. The molecule has 1 aromatic carbocycles. The van der Waals surface area contributed by atoms with E-state index >= 15 is 0 Å². The maximum Gasteiger partial charge on any atom is 0.258 e. The van der Waals surface area contributed by atoms with Crippen molar-refractivity contribution in [2.45, 2.75) is 65.3 Å². The molecule has 1 fully saturated rings. The summed E-state index contributed by atoms with van der Waals surface area (Å²) < 4.78 is 5.82. The number of nitrogens with zero attached hydrogens (tertiary/aromatic N) is 1. The summed E-state index contributed by atoms with van der Waals surface area (Å²) >= 11 is 0. The molecule has 5 nitrogen and oxygen atoms in total. The van der Waals surface area contributed by atoms with E-state index in [1.54, 1.807) is 0 Å². The fourth-order valence-electron chi connectivity index (χ4n) is 3.27. The minimum atomic E-state index is -0.106. The summed E-state index contributed by atoms with van der Waals surface area (Å²) in [5, 5.41) is 3.03. The molecule has 0 aliphatic carbocycles. The summed E-state index contributed by atoms with van der Waals surface area (Å²) in [4.78, 5) is 25.9. The number of hydrogen-bond donors (Lipinski definition) is 1. The first-order chi connectivity index (χ1) is 12.2. The Hall–Kier alpha value is -2.04. The third-order valence-electron chi connectivity index (χ3n) is 4.82. The largest absolute Gasteiger partial charge is 0.483 e. The van der Waals surface area contributed by atoms with Crippen LogP contribution in [0, 0.1) is 6.92 Å². The summed E-state index contributed by atoms with van der Waals surface area (Å²) in [6, 6.07) is 6.18. The van der Waals surface area contributed by atoms with Gasteiger partial charge in [-0.1, -0.05) is 45.4 Å². The molecular weight excluding hydrogens is 328 g/mol. The molecule has 2 amide bonds. The highest BCUT2D eigenvalue weighted by molar-refractivity contribution is 5.78. The molecular formula is C21H32N2O3. The van der Waals surface area contributed by atoms with Crippen molar-refractivity contribution in [1.29, 1.82) is 0 Å². The van der Waals surface area contributed by atoms with Crippen LogP contribution in [0.1, 0.15) is 58.1 Å². The van der Waals surface area contributed by atoms with Crippen molar-refractivity contribution in [2.24, 2.45) is 0 Å². The number of benzene rings is 1. The molecule has 0 spiro atoms. The average molecular weight is 360 g/mol. The molecule has 0 unspecified atom stereocenters. The molecule has 0 bridgehead atoms. The van der Waals surface area contributed by atoms with Gasteiger partial charge in [0.05, 0.1) is 0 Å². The van der Waals surface area contributed by atoms with Crippen LogP contribution in [-0.2, 0) is 15.0 Å². The Morgan fingerprint density at radius 3 is 2.46 bits per heavy atom. The molecule has 1 saturated heterocycles. The third kappa shape index (κ3) is 5.48. The predicted molar refractivity (Wildman–Crippen MR) is 103 cm³/mol. The number of likely N-dealkylation sites (tertiary alicyclic amines) is 1. The van der Waals surface area contributed by atoms with Gasteiger partial charge in [0.2, 0.25) is 5.91 Å². The minimum Gasteiger partial charge on any atom is -0.483 e. The Labute approximate surface area is 157 Å². The van der Waals surface area contributed by atoms with Crippen molar-refractivity contribution >= 4 is 11.8 Å². The van der Waals surface area contributed by atoms with Gasteiger partial charge < -0.3 is 15.0 Å². The van der Waals surface area contributed by atoms with E-state index in [0.717, 1.165) is 24.2 Å². The number of amides is 2. The number of piperidine rings is 1. The van der Waals surface area contributed by atoms with Gasteiger partial charge in [-0.05, 0) is 36.8 Å². The van der Waals surface area contributed by atoms with Crippen LogP contribution in [0.15, 0.2) is 18.2 Å². The van der Waals surface area contributed by atoms with Crippen molar-refractivity contribution in [1.82, 2.24) is 10.2 Å². The van der Waals surface area contributed by atoms with Crippen LogP contribution in [0.4, 0.5) is 0 Å². The standard InChI is InChI=1S/C21H32N2O3/c1-6-20(25)23-11-9-16(10-12-23)22-19(24)14-26-18-8-7-15(2)13-17(18)21(3,4)5/h7-8,13,16H,6,9-12,14H2,1-5H3,(H,22,24). The van der Waals surface area contributed by atoms with Gasteiger partial charge in [-0.15, -0.1) is 0 Å². The molecule has 1 N–H and O–H groups in total. The zero-order chi connectivity index (χ0) is 19.3. The molecule has 2 rings (SSSR count). The number of hydrogen-bond acceptors (Lipinski definition) is 3. The Morgan fingerprint density at radius 2 is 1.88 bits per heavy atom. The van der Waals surface area contributed by atoms with Crippen LogP contribution in [0.5, 0.6) is 5.75 Å².